The van der Waals surface area contributed by atoms with Crippen molar-refractivity contribution in [3.63, 3.8) is 0 Å². The van der Waals surface area contributed by atoms with E-state index in [1.54, 1.807) is 6.92 Å². The highest BCUT2D eigenvalue weighted by Crippen LogP contribution is 2.07. The predicted molar refractivity (Wildman–Crippen MR) is 85.9 cm³/mol. The number of ether oxygens (including phenoxy) is 3. The fourth-order valence-corrected chi connectivity index (χ4v) is 1.96. The molecule has 1 rings (SSSR count). The molecule has 1 amide bonds. The second-order valence-electron chi connectivity index (χ2n) is 5.09. The van der Waals surface area contributed by atoms with Crippen LogP contribution in [0.25, 0.3) is 0 Å². The molecule has 23 heavy (non-hydrogen) atoms. The lowest BCUT2D eigenvalue weighted by atomic mass is 10.1. The molecule has 0 radical (unpaired) electrons. The van der Waals surface area contributed by atoms with Crippen LogP contribution in [0.15, 0.2) is 30.3 Å². The van der Waals surface area contributed by atoms with Gasteiger partial charge in [0.05, 0.1) is 26.4 Å². The van der Waals surface area contributed by atoms with Gasteiger partial charge in [0.15, 0.2) is 0 Å². The zero-order valence-electron chi connectivity index (χ0n) is 13.5. The fraction of sp³-hybridized carbons (Fsp3) is 0.529. The number of nitrogens with two attached hydrogens (primary N) is 1. The van der Waals surface area contributed by atoms with Crippen LogP contribution in [0.4, 0.5) is 4.79 Å². The number of primary amides is 1. The molecule has 2 N–H and O–H groups in total. The van der Waals surface area contributed by atoms with Crippen molar-refractivity contribution in [1.82, 2.24) is 0 Å². The summed E-state index contributed by atoms with van der Waals surface area (Å²) in [7, 11) is 0. The lowest BCUT2D eigenvalue weighted by molar-refractivity contribution is -0.120. The number of hydrogen-bond donors (Lipinski definition) is 1. The Morgan fingerprint density at radius 2 is 1.78 bits per heavy atom. The Labute approximate surface area is 136 Å². The molecular weight excluding hydrogens is 298 g/mol. The molecule has 0 fully saturated rings. The smallest absolute Gasteiger partial charge is 0.404 e. The third kappa shape index (κ3) is 9.65. The molecule has 128 valence electrons. The molecule has 0 aromatic heterocycles. The van der Waals surface area contributed by atoms with Gasteiger partial charge in [-0.2, -0.15) is 0 Å². The Bertz CT molecular complexity index is 463. The maximum atomic E-state index is 11.4. The molecule has 0 aliphatic heterocycles. The highest BCUT2D eigenvalue weighted by molar-refractivity contribution is 5.78. The second-order valence-corrected chi connectivity index (χ2v) is 5.09. The van der Waals surface area contributed by atoms with E-state index < -0.39 is 12.2 Å². The zero-order chi connectivity index (χ0) is 16.9. The van der Waals surface area contributed by atoms with Crippen molar-refractivity contribution in [1.29, 1.82) is 0 Å². The number of amides is 1. The Balaban J connectivity index is 2.10. The fourth-order valence-electron chi connectivity index (χ4n) is 1.96. The first kappa shape index (κ1) is 19.1. The summed E-state index contributed by atoms with van der Waals surface area (Å²) in [6, 6.07) is 9.88. The SMILES string of the molecule is CCC(=O)CC(CCOCCOCc1ccccc1)OC(N)=O. The van der Waals surface area contributed by atoms with E-state index in [1.807, 2.05) is 30.3 Å². The molecule has 1 aromatic carbocycles. The number of ketones is 1. The van der Waals surface area contributed by atoms with Crippen LogP contribution in [-0.4, -0.2) is 37.8 Å². The first-order valence-electron chi connectivity index (χ1n) is 7.79. The number of carbonyl (C=O) groups excluding carboxylic acids is 2. The van der Waals surface area contributed by atoms with Crippen molar-refractivity contribution >= 4 is 11.9 Å². The minimum atomic E-state index is -0.870. The van der Waals surface area contributed by atoms with E-state index in [4.69, 9.17) is 19.9 Å². The third-order valence-corrected chi connectivity index (χ3v) is 3.20. The molecule has 6 nitrogen and oxygen atoms in total. The maximum Gasteiger partial charge on any atom is 0.404 e. The van der Waals surface area contributed by atoms with Crippen molar-refractivity contribution < 1.29 is 23.8 Å². The van der Waals surface area contributed by atoms with Gasteiger partial charge in [0.2, 0.25) is 0 Å². The van der Waals surface area contributed by atoms with Crippen LogP contribution >= 0.6 is 0 Å². The number of Topliss-reactive ketones (excluding diaryl/α,β-unsaturated/α-hetero) is 1. The number of carbonyl (C=O) groups is 2. The minimum absolute atomic E-state index is 0.0300. The van der Waals surface area contributed by atoms with Crippen LogP contribution in [0, 0.1) is 0 Å². The van der Waals surface area contributed by atoms with Gasteiger partial charge in [-0.3, -0.25) is 4.79 Å². The van der Waals surface area contributed by atoms with E-state index in [0.717, 1.165) is 5.56 Å². The van der Waals surface area contributed by atoms with Gasteiger partial charge >= 0.3 is 6.09 Å². The first-order chi connectivity index (χ1) is 11.1. The number of hydrogen-bond acceptors (Lipinski definition) is 5. The quantitative estimate of drug-likeness (QED) is 0.597. The van der Waals surface area contributed by atoms with Gasteiger partial charge in [-0.15, -0.1) is 0 Å². The van der Waals surface area contributed by atoms with Crippen LogP contribution in [0.5, 0.6) is 0 Å². The zero-order valence-corrected chi connectivity index (χ0v) is 13.5. The Hall–Kier alpha value is -1.92. The molecule has 0 aliphatic rings. The van der Waals surface area contributed by atoms with Crippen LogP contribution in [0.2, 0.25) is 0 Å². The highest BCUT2D eigenvalue weighted by atomic mass is 16.6. The molecule has 1 unspecified atom stereocenters. The summed E-state index contributed by atoms with van der Waals surface area (Å²) in [5.41, 5.74) is 6.11. The standard InChI is InChI=1S/C17H25NO5/c1-2-15(19)12-16(23-17(18)20)8-9-21-10-11-22-13-14-6-4-3-5-7-14/h3-7,16H,2,8-13H2,1H3,(H2,18,20). The monoisotopic (exact) mass is 323 g/mol. The molecule has 0 heterocycles. The summed E-state index contributed by atoms with van der Waals surface area (Å²) in [5.74, 6) is 0.0300. The van der Waals surface area contributed by atoms with E-state index in [2.05, 4.69) is 0 Å². The van der Waals surface area contributed by atoms with E-state index in [0.29, 0.717) is 39.3 Å². The van der Waals surface area contributed by atoms with Gasteiger partial charge in [-0.1, -0.05) is 37.3 Å². The van der Waals surface area contributed by atoms with Gasteiger partial charge in [0, 0.05) is 19.3 Å². The molecule has 0 aliphatic carbocycles. The van der Waals surface area contributed by atoms with Crippen LogP contribution < -0.4 is 5.73 Å². The van der Waals surface area contributed by atoms with Crippen molar-refractivity contribution in [2.75, 3.05) is 19.8 Å². The van der Waals surface area contributed by atoms with Gasteiger partial charge in [0.1, 0.15) is 11.9 Å². The number of benzene rings is 1. The summed E-state index contributed by atoms with van der Waals surface area (Å²) in [5, 5.41) is 0. The largest absolute Gasteiger partial charge is 0.446 e. The predicted octanol–water partition coefficient (Wildman–Crippen LogP) is 2.44. The molecular formula is C17H25NO5. The molecule has 0 bridgehead atoms. The maximum absolute atomic E-state index is 11.4. The van der Waals surface area contributed by atoms with Crippen molar-refractivity contribution in [3.05, 3.63) is 35.9 Å². The summed E-state index contributed by atoms with van der Waals surface area (Å²) in [4.78, 5) is 22.2. The minimum Gasteiger partial charge on any atom is -0.446 e. The second kappa shape index (κ2) is 11.6. The lowest BCUT2D eigenvalue weighted by Gasteiger charge is -2.15. The highest BCUT2D eigenvalue weighted by Gasteiger charge is 2.16. The van der Waals surface area contributed by atoms with Crippen LogP contribution in [-0.2, 0) is 25.6 Å². The van der Waals surface area contributed by atoms with E-state index in [9.17, 15) is 9.59 Å². The summed E-state index contributed by atoms with van der Waals surface area (Å²) in [6.07, 6.45) is -0.372. The van der Waals surface area contributed by atoms with Crippen LogP contribution in [0.1, 0.15) is 31.7 Å². The third-order valence-electron chi connectivity index (χ3n) is 3.20. The van der Waals surface area contributed by atoms with Crippen LogP contribution in [0.3, 0.4) is 0 Å². The summed E-state index contributed by atoms with van der Waals surface area (Å²) >= 11 is 0. The van der Waals surface area contributed by atoms with Gasteiger partial charge in [-0.05, 0) is 5.56 Å². The molecule has 1 atom stereocenters. The van der Waals surface area contributed by atoms with E-state index in [-0.39, 0.29) is 12.2 Å². The summed E-state index contributed by atoms with van der Waals surface area (Å²) in [6.45, 7) is 3.61. The topological polar surface area (TPSA) is 87.8 Å². The first-order valence-corrected chi connectivity index (χ1v) is 7.79. The normalized spacial score (nSPS) is 11.9. The van der Waals surface area contributed by atoms with Crippen molar-refractivity contribution in [3.8, 4) is 0 Å². The van der Waals surface area contributed by atoms with Crippen molar-refractivity contribution in [2.24, 2.45) is 5.73 Å². The Kier molecular flexibility index (Phi) is 9.66. The van der Waals surface area contributed by atoms with Gasteiger partial charge in [0.25, 0.3) is 0 Å². The van der Waals surface area contributed by atoms with Gasteiger partial charge in [-0.25, -0.2) is 4.79 Å². The van der Waals surface area contributed by atoms with Crippen molar-refractivity contribution in [2.45, 2.75) is 38.9 Å². The lowest BCUT2D eigenvalue weighted by Crippen LogP contribution is -2.26. The summed E-state index contributed by atoms with van der Waals surface area (Å²) < 4.78 is 15.8. The molecule has 0 spiro atoms. The average Bonchev–Trinajstić information content (AvgIpc) is 2.54. The number of rotatable bonds is 12. The molecule has 6 heteroatoms. The van der Waals surface area contributed by atoms with E-state index in [1.165, 1.54) is 0 Å². The van der Waals surface area contributed by atoms with Gasteiger partial charge < -0.3 is 19.9 Å². The Morgan fingerprint density at radius 3 is 2.43 bits per heavy atom. The van der Waals surface area contributed by atoms with E-state index >= 15 is 0 Å². The molecule has 0 saturated carbocycles. The average molecular weight is 323 g/mol. The Morgan fingerprint density at radius 1 is 1.09 bits per heavy atom. The molecule has 1 aromatic rings. The molecule has 0 saturated heterocycles.